The second kappa shape index (κ2) is 7.55. The zero-order valence-corrected chi connectivity index (χ0v) is 12.2. The summed E-state index contributed by atoms with van der Waals surface area (Å²) in [5.74, 6) is 3.09. The first kappa shape index (κ1) is 15.2. The number of benzene rings is 1. The van der Waals surface area contributed by atoms with Crippen LogP contribution in [0.15, 0.2) is 24.3 Å². The molecule has 0 aliphatic carbocycles. The molecule has 2 rings (SSSR count). The van der Waals surface area contributed by atoms with Gasteiger partial charge in [-0.05, 0) is 30.7 Å². The van der Waals surface area contributed by atoms with Crippen molar-refractivity contribution in [1.29, 1.82) is 0 Å². The number of hydrogen-bond donors (Lipinski definition) is 1. The Labute approximate surface area is 125 Å². The van der Waals surface area contributed by atoms with E-state index in [1.807, 2.05) is 4.90 Å². The van der Waals surface area contributed by atoms with Gasteiger partial charge in [-0.25, -0.2) is 4.79 Å². The van der Waals surface area contributed by atoms with Crippen LogP contribution in [0.4, 0.5) is 10.5 Å². The molecule has 5 heteroatoms. The van der Waals surface area contributed by atoms with Gasteiger partial charge in [-0.1, -0.05) is 12.8 Å². The molecule has 1 N–H and O–H groups in total. The van der Waals surface area contributed by atoms with Gasteiger partial charge in [-0.3, -0.25) is 0 Å². The molecule has 1 heterocycles. The lowest BCUT2D eigenvalue weighted by Crippen LogP contribution is -2.50. The van der Waals surface area contributed by atoms with E-state index in [1.165, 1.54) is 0 Å². The van der Waals surface area contributed by atoms with Crippen molar-refractivity contribution in [3.8, 4) is 18.1 Å². The van der Waals surface area contributed by atoms with Crippen LogP contribution in [0.25, 0.3) is 0 Å². The second-order valence-electron chi connectivity index (χ2n) is 4.78. The molecule has 0 saturated carbocycles. The molecule has 1 saturated heterocycles. The van der Waals surface area contributed by atoms with Crippen LogP contribution in [0.1, 0.15) is 13.3 Å². The summed E-state index contributed by atoms with van der Waals surface area (Å²) >= 11 is 0. The first-order valence-electron chi connectivity index (χ1n) is 7.06. The van der Waals surface area contributed by atoms with Crippen LogP contribution in [-0.4, -0.2) is 43.3 Å². The van der Waals surface area contributed by atoms with Gasteiger partial charge >= 0.3 is 6.03 Å². The molecule has 1 unspecified atom stereocenters. The lowest BCUT2D eigenvalue weighted by molar-refractivity contribution is 0.0144. The molecule has 0 radical (unpaired) electrons. The van der Waals surface area contributed by atoms with E-state index < -0.39 is 0 Å². The molecule has 2 amide bonds. The first-order chi connectivity index (χ1) is 10.2. The molecule has 1 fully saturated rings. The monoisotopic (exact) mass is 288 g/mol. The average Bonchev–Trinajstić information content (AvgIpc) is 2.54. The quantitative estimate of drug-likeness (QED) is 0.865. The first-order valence-corrected chi connectivity index (χ1v) is 7.06. The molecule has 0 spiro atoms. The highest BCUT2D eigenvalue weighted by Gasteiger charge is 2.25. The zero-order chi connectivity index (χ0) is 15.1. The van der Waals surface area contributed by atoms with E-state index in [0.29, 0.717) is 25.5 Å². The molecule has 1 aliphatic rings. The summed E-state index contributed by atoms with van der Waals surface area (Å²) in [6.07, 6.45) is 6.01. The topological polar surface area (TPSA) is 50.8 Å². The Balaban J connectivity index is 1.94. The molecule has 1 aromatic rings. The van der Waals surface area contributed by atoms with Crippen LogP contribution in [0.5, 0.6) is 5.75 Å². The number of hydrogen-bond acceptors (Lipinski definition) is 3. The van der Waals surface area contributed by atoms with Gasteiger partial charge in [0, 0.05) is 12.2 Å². The summed E-state index contributed by atoms with van der Waals surface area (Å²) in [7, 11) is 0. The Kier molecular flexibility index (Phi) is 5.47. The Hall–Kier alpha value is -2.19. The third-order valence-corrected chi connectivity index (χ3v) is 3.39. The van der Waals surface area contributed by atoms with Crippen molar-refractivity contribution in [3.63, 3.8) is 0 Å². The number of amides is 2. The number of ether oxygens (including phenoxy) is 2. The fraction of sp³-hybridized carbons (Fsp3) is 0.438. The van der Waals surface area contributed by atoms with Crippen molar-refractivity contribution < 1.29 is 14.3 Å². The van der Waals surface area contributed by atoms with Crippen molar-refractivity contribution >= 4 is 11.7 Å². The minimum Gasteiger partial charge on any atom is -0.481 e. The molecule has 1 aromatic carbocycles. The number of carbonyl (C=O) groups is 1. The third-order valence-electron chi connectivity index (χ3n) is 3.39. The number of nitrogens with zero attached hydrogens (tertiary/aromatic N) is 1. The number of urea groups is 1. The molecule has 0 bridgehead atoms. The lowest BCUT2D eigenvalue weighted by Gasteiger charge is -2.35. The Morgan fingerprint density at radius 3 is 2.95 bits per heavy atom. The van der Waals surface area contributed by atoms with Crippen molar-refractivity contribution in [2.24, 2.45) is 0 Å². The van der Waals surface area contributed by atoms with E-state index in [0.717, 1.165) is 12.1 Å². The fourth-order valence-corrected chi connectivity index (χ4v) is 2.22. The Morgan fingerprint density at radius 2 is 2.29 bits per heavy atom. The van der Waals surface area contributed by atoms with Crippen molar-refractivity contribution in [2.75, 3.05) is 31.7 Å². The van der Waals surface area contributed by atoms with Crippen molar-refractivity contribution in [1.82, 2.24) is 4.90 Å². The molecule has 5 nitrogen and oxygen atoms in total. The van der Waals surface area contributed by atoms with E-state index in [9.17, 15) is 4.79 Å². The zero-order valence-electron chi connectivity index (χ0n) is 12.2. The number of carbonyl (C=O) groups excluding carboxylic acids is 1. The molecular formula is C16H20N2O3. The maximum absolute atomic E-state index is 12.3. The second-order valence-corrected chi connectivity index (χ2v) is 4.78. The maximum atomic E-state index is 12.3. The standard InChI is InChI=1S/C16H20N2O3/c1-3-10-21-15-7-5-13(6-8-15)17-16(19)18-9-11-20-12-14(18)4-2/h1,5-8,14H,4,9-12H2,2H3,(H,17,19). The minimum absolute atomic E-state index is 0.0950. The summed E-state index contributed by atoms with van der Waals surface area (Å²) in [6, 6.07) is 7.20. The number of terminal acetylenes is 1. The van der Waals surface area contributed by atoms with Crippen LogP contribution >= 0.6 is 0 Å². The molecular weight excluding hydrogens is 268 g/mol. The average molecular weight is 288 g/mol. The van der Waals surface area contributed by atoms with E-state index >= 15 is 0 Å². The van der Waals surface area contributed by atoms with E-state index in [2.05, 4.69) is 18.2 Å². The van der Waals surface area contributed by atoms with E-state index in [-0.39, 0.29) is 18.7 Å². The summed E-state index contributed by atoms with van der Waals surface area (Å²) in [5, 5.41) is 2.89. The summed E-state index contributed by atoms with van der Waals surface area (Å²) in [5.41, 5.74) is 0.731. The van der Waals surface area contributed by atoms with Gasteiger partial charge in [-0.15, -0.1) is 6.42 Å². The summed E-state index contributed by atoms with van der Waals surface area (Å²) in [6.45, 7) is 4.09. The maximum Gasteiger partial charge on any atom is 0.322 e. The highest BCUT2D eigenvalue weighted by atomic mass is 16.5. The predicted octanol–water partition coefficient (Wildman–Crippen LogP) is 2.34. The van der Waals surface area contributed by atoms with Gasteiger partial charge in [0.25, 0.3) is 0 Å². The largest absolute Gasteiger partial charge is 0.481 e. The Bertz CT molecular complexity index is 507. The van der Waals surface area contributed by atoms with Crippen molar-refractivity contribution in [2.45, 2.75) is 19.4 Å². The molecule has 21 heavy (non-hydrogen) atoms. The highest BCUT2D eigenvalue weighted by molar-refractivity contribution is 5.89. The van der Waals surface area contributed by atoms with Gasteiger partial charge in [-0.2, -0.15) is 0 Å². The number of nitrogens with one attached hydrogen (secondary N) is 1. The van der Waals surface area contributed by atoms with Gasteiger partial charge in [0.15, 0.2) is 0 Å². The van der Waals surface area contributed by atoms with Crippen molar-refractivity contribution in [3.05, 3.63) is 24.3 Å². The Morgan fingerprint density at radius 1 is 1.52 bits per heavy atom. The predicted molar refractivity (Wildman–Crippen MR) is 81.4 cm³/mol. The molecule has 112 valence electrons. The lowest BCUT2D eigenvalue weighted by atomic mass is 10.2. The van der Waals surface area contributed by atoms with Crippen LogP contribution in [-0.2, 0) is 4.74 Å². The molecule has 1 atom stereocenters. The smallest absolute Gasteiger partial charge is 0.322 e. The highest BCUT2D eigenvalue weighted by Crippen LogP contribution is 2.17. The molecule has 0 aromatic heterocycles. The van der Waals surface area contributed by atoms with Gasteiger partial charge in [0.1, 0.15) is 12.4 Å². The summed E-state index contributed by atoms with van der Waals surface area (Å²) < 4.78 is 10.7. The SMILES string of the molecule is C#CCOc1ccc(NC(=O)N2CCOCC2CC)cc1. The van der Waals surface area contributed by atoms with E-state index in [4.69, 9.17) is 15.9 Å². The van der Waals surface area contributed by atoms with Crippen LogP contribution in [0.3, 0.4) is 0 Å². The number of morpholine rings is 1. The number of anilines is 1. The van der Waals surface area contributed by atoms with Gasteiger partial charge in [0.05, 0.1) is 19.3 Å². The van der Waals surface area contributed by atoms with E-state index in [1.54, 1.807) is 24.3 Å². The van der Waals surface area contributed by atoms with Gasteiger partial charge in [0.2, 0.25) is 0 Å². The molecule has 1 aliphatic heterocycles. The number of rotatable bonds is 4. The summed E-state index contributed by atoms with van der Waals surface area (Å²) in [4.78, 5) is 14.1. The minimum atomic E-state index is -0.0950. The normalized spacial score (nSPS) is 17.9. The van der Waals surface area contributed by atoms with Crippen LogP contribution in [0.2, 0.25) is 0 Å². The third kappa shape index (κ3) is 4.14. The fourth-order valence-electron chi connectivity index (χ4n) is 2.22. The van der Waals surface area contributed by atoms with Crippen LogP contribution in [0, 0.1) is 12.3 Å². The van der Waals surface area contributed by atoms with Gasteiger partial charge < -0.3 is 19.7 Å². The van der Waals surface area contributed by atoms with Crippen LogP contribution < -0.4 is 10.1 Å².